The molecule has 3 rings (SSSR count). The number of amidine groups is 1. The van der Waals surface area contributed by atoms with E-state index >= 15 is 0 Å². The number of fused-ring (bicyclic) bond motifs is 1. The van der Waals surface area contributed by atoms with Crippen LogP contribution in [-0.4, -0.2) is 44.4 Å². The lowest BCUT2D eigenvalue weighted by molar-refractivity contribution is -0.274. The maximum atomic E-state index is 12.2. The van der Waals surface area contributed by atoms with Crippen molar-refractivity contribution >= 4 is 15.9 Å². The molecule has 0 aromatic heterocycles. The van der Waals surface area contributed by atoms with Gasteiger partial charge in [-0.05, 0) is 30.5 Å². The summed E-state index contributed by atoms with van der Waals surface area (Å²) in [6.45, 7) is 1.16. The molecule has 126 valence electrons. The maximum Gasteiger partial charge on any atom is 0.573 e. The third-order valence-electron chi connectivity index (χ3n) is 3.92. The number of piperidine rings is 1. The molecule has 1 saturated heterocycles. The van der Waals surface area contributed by atoms with E-state index in [-0.39, 0.29) is 17.4 Å². The molecule has 0 N–H and O–H groups in total. The number of halogens is 3. The molecule has 0 amide bonds. The van der Waals surface area contributed by atoms with Gasteiger partial charge in [0.1, 0.15) is 11.6 Å². The normalized spacial score (nSPS) is 23.9. The summed E-state index contributed by atoms with van der Waals surface area (Å²) < 4.78 is 67.8. The van der Waals surface area contributed by atoms with Crippen molar-refractivity contribution in [1.29, 1.82) is 0 Å². The highest BCUT2D eigenvalue weighted by Gasteiger charge is 2.34. The molecular weight excluding hydrogens is 333 g/mol. The highest BCUT2D eigenvalue weighted by Crippen LogP contribution is 2.33. The van der Waals surface area contributed by atoms with Crippen LogP contribution in [0, 0.1) is 0 Å². The fraction of sp³-hybridized carbons (Fsp3) is 0.500. The lowest BCUT2D eigenvalue weighted by Crippen LogP contribution is -2.46. The zero-order valence-electron chi connectivity index (χ0n) is 12.1. The van der Waals surface area contributed by atoms with Crippen molar-refractivity contribution in [2.45, 2.75) is 25.1 Å². The van der Waals surface area contributed by atoms with Gasteiger partial charge in [0.05, 0.1) is 5.75 Å². The minimum Gasteiger partial charge on any atom is -0.406 e. The minimum atomic E-state index is -4.73. The first-order valence-corrected chi connectivity index (χ1v) is 8.78. The van der Waals surface area contributed by atoms with Gasteiger partial charge in [0.2, 0.25) is 0 Å². The van der Waals surface area contributed by atoms with Crippen LogP contribution in [0.1, 0.15) is 24.3 Å². The predicted molar refractivity (Wildman–Crippen MR) is 77.9 cm³/mol. The van der Waals surface area contributed by atoms with E-state index in [2.05, 4.69) is 9.13 Å². The molecule has 0 saturated carbocycles. The predicted octanol–water partition coefficient (Wildman–Crippen LogP) is 2.51. The van der Waals surface area contributed by atoms with Crippen LogP contribution < -0.4 is 4.74 Å². The van der Waals surface area contributed by atoms with Crippen molar-refractivity contribution in [3.63, 3.8) is 0 Å². The molecule has 1 atom stereocenters. The van der Waals surface area contributed by atoms with Crippen LogP contribution in [0.15, 0.2) is 28.7 Å². The van der Waals surface area contributed by atoms with Crippen LogP contribution in [0.2, 0.25) is 0 Å². The van der Waals surface area contributed by atoms with Crippen LogP contribution in [0.5, 0.6) is 5.75 Å². The Balaban J connectivity index is 1.87. The standard InChI is InChI=1S/C14H15F3N2O3S/c15-14(16,17)22-11-5-3-10(4-6-11)12-2-1-7-19-8-9-23(20,21)18-13(12)19/h3-6,12H,1-2,7-9H2. The van der Waals surface area contributed by atoms with Gasteiger partial charge in [0.25, 0.3) is 10.0 Å². The Labute approximate surface area is 131 Å². The van der Waals surface area contributed by atoms with Crippen LogP contribution in [0.4, 0.5) is 13.2 Å². The number of alkyl halides is 3. The van der Waals surface area contributed by atoms with Crippen molar-refractivity contribution in [3.05, 3.63) is 29.8 Å². The molecule has 5 nitrogen and oxygen atoms in total. The van der Waals surface area contributed by atoms with Gasteiger partial charge in [-0.2, -0.15) is 0 Å². The van der Waals surface area contributed by atoms with Crippen molar-refractivity contribution < 1.29 is 26.3 Å². The number of rotatable bonds is 2. The summed E-state index contributed by atoms with van der Waals surface area (Å²) in [5.41, 5.74) is 0.736. The fourth-order valence-electron chi connectivity index (χ4n) is 2.93. The Morgan fingerprint density at radius 2 is 1.87 bits per heavy atom. The SMILES string of the molecule is O=S1(=O)CCN2CCCC(c3ccc(OC(F)(F)F)cc3)C2=N1. The number of sulfonamides is 1. The number of nitrogens with zero attached hydrogens (tertiary/aromatic N) is 2. The van der Waals surface area contributed by atoms with Crippen LogP contribution in [-0.2, 0) is 10.0 Å². The molecule has 0 bridgehead atoms. The quantitative estimate of drug-likeness (QED) is 0.824. The number of benzene rings is 1. The van der Waals surface area contributed by atoms with E-state index < -0.39 is 16.4 Å². The van der Waals surface area contributed by atoms with Gasteiger partial charge in [0, 0.05) is 19.0 Å². The minimum absolute atomic E-state index is 0.00157. The average Bonchev–Trinajstić information content (AvgIpc) is 2.45. The molecule has 23 heavy (non-hydrogen) atoms. The van der Waals surface area contributed by atoms with E-state index in [1.807, 2.05) is 4.90 Å². The highest BCUT2D eigenvalue weighted by molar-refractivity contribution is 7.90. The van der Waals surface area contributed by atoms with E-state index in [0.29, 0.717) is 18.8 Å². The lowest BCUT2D eigenvalue weighted by Gasteiger charge is -2.37. The Hall–Kier alpha value is -1.77. The summed E-state index contributed by atoms with van der Waals surface area (Å²) in [4.78, 5) is 1.94. The number of hydrogen-bond acceptors (Lipinski definition) is 4. The summed E-state index contributed by atoms with van der Waals surface area (Å²) in [6, 6.07) is 5.53. The van der Waals surface area contributed by atoms with Crippen LogP contribution >= 0.6 is 0 Å². The van der Waals surface area contributed by atoms with Crippen LogP contribution in [0.25, 0.3) is 0 Å². The van der Waals surface area contributed by atoms with Gasteiger partial charge in [0.15, 0.2) is 0 Å². The monoisotopic (exact) mass is 348 g/mol. The first-order valence-electron chi connectivity index (χ1n) is 7.17. The van der Waals surface area contributed by atoms with Crippen molar-refractivity contribution in [1.82, 2.24) is 4.90 Å². The number of hydrogen-bond donors (Lipinski definition) is 0. The molecule has 1 aromatic carbocycles. The van der Waals surface area contributed by atoms with Crippen molar-refractivity contribution in [2.24, 2.45) is 4.40 Å². The van der Waals surface area contributed by atoms with E-state index in [1.54, 1.807) is 0 Å². The van der Waals surface area contributed by atoms with E-state index in [4.69, 9.17) is 0 Å². The average molecular weight is 348 g/mol. The molecule has 0 radical (unpaired) electrons. The summed E-state index contributed by atoms with van der Waals surface area (Å²) in [5.74, 6) is -0.0282. The van der Waals surface area contributed by atoms with Gasteiger partial charge >= 0.3 is 6.36 Å². The maximum absolute atomic E-state index is 12.2. The Morgan fingerprint density at radius 1 is 1.17 bits per heavy atom. The van der Waals surface area contributed by atoms with E-state index in [0.717, 1.165) is 18.5 Å². The fourth-order valence-corrected chi connectivity index (χ4v) is 4.00. The first-order chi connectivity index (χ1) is 10.7. The van der Waals surface area contributed by atoms with Crippen molar-refractivity contribution in [3.8, 4) is 5.75 Å². The Bertz CT molecular complexity index is 714. The molecule has 2 aliphatic heterocycles. The molecule has 0 spiro atoms. The van der Waals surface area contributed by atoms with Crippen molar-refractivity contribution in [2.75, 3.05) is 18.8 Å². The Morgan fingerprint density at radius 3 is 2.52 bits per heavy atom. The topological polar surface area (TPSA) is 59.0 Å². The molecule has 1 aromatic rings. The summed E-state index contributed by atoms with van der Waals surface area (Å²) in [7, 11) is -3.45. The van der Waals surface area contributed by atoms with Gasteiger partial charge in [-0.3, -0.25) is 0 Å². The second kappa shape index (κ2) is 5.70. The first kappa shape index (κ1) is 16.1. The zero-order valence-corrected chi connectivity index (χ0v) is 12.9. The molecular formula is C14H15F3N2O3S. The molecule has 0 aliphatic carbocycles. The number of ether oxygens (including phenoxy) is 1. The second-order valence-electron chi connectivity index (χ2n) is 5.53. The third-order valence-corrected chi connectivity index (χ3v) is 5.09. The second-order valence-corrected chi connectivity index (χ2v) is 7.29. The van der Waals surface area contributed by atoms with Crippen LogP contribution in [0.3, 0.4) is 0 Å². The molecule has 1 fully saturated rings. The smallest absolute Gasteiger partial charge is 0.406 e. The van der Waals surface area contributed by atoms with Gasteiger partial charge < -0.3 is 9.64 Å². The summed E-state index contributed by atoms with van der Waals surface area (Å²) in [6.07, 6.45) is -3.14. The summed E-state index contributed by atoms with van der Waals surface area (Å²) >= 11 is 0. The zero-order chi connectivity index (χ0) is 16.7. The van der Waals surface area contributed by atoms with Gasteiger partial charge in [-0.25, -0.2) is 8.42 Å². The highest BCUT2D eigenvalue weighted by atomic mass is 32.2. The van der Waals surface area contributed by atoms with E-state index in [9.17, 15) is 21.6 Å². The van der Waals surface area contributed by atoms with Gasteiger partial charge in [-0.15, -0.1) is 17.6 Å². The largest absolute Gasteiger partial charge is 0.573 e. The van der Waals surface area contributed by atoms with E-state index in [1.165, 1.54) is 24.3 Å². The molecule has 9 heteroatoms. The summed E-state index contributed by atoms with van der Waals surface area (Å²) in [5, 5.41) is 0. The van der Waals surface area contributed by atoms with Gasteiger partial charge in [-0.1, -0.05) is 12.1 Å². The lowest BCUT2D eigenvalue weighted by atomic mass is 9.89. The third kappa shape index (κ3) is 3.77. The Kier molecular flexibility index (Phi) is 3.99. The molecule has 2 aliphatic rings. The molecule has 2 heterocycles. The molecule has 1 unspecified atom stereocenters.